The average Bonchev–Trinajstić information content (AvgIpc) is 2.44. The molecular weight excluding hydrogens is 323 g/mol. The Kier molecular flexibility index (Phi) is 4.75. The molecule has 0 amide bonds. The zero-order valence-corrected chi connectivity index (χ0v) is 12.9. The van der Waals surface area contributed by atoms with Gasteiger partial charge < -0.3 is 4.74 Å². The van der Waals surface area contributed by atoms with Crippen LogP contribution in [0.2, 0.25) is 0 Å². The van der Waals surface area contributed by atoms with Crippen LogP contribution in [0.1, 0.15) is 22.7 Å². The molecule has 2 aromatic carbocycles. The van der Waals surface area contributed by atoms with Crippen LogP contribution in [0.4, 0.5) is 4.39 Å². The summed E-state index contributed by atoms with van der Waals surface area (Å²) in [6.07, 6.45) is 0. The van der Waals surface area contributed by atoms with E-state index in [1.807, 2.05) is 25.1 Å². The highest BCUT2D eigenvalue weighted by atomic mass is 79.9. The van der Waals surface area contributed by atoms with Crippen molar-refractivity contribution in [3.63, 3.8) is 0 Å². The lowest BCUT2D eigenvalue weighted by Gasteiger charge is -2.20. The van der Waals surface area contributed by atoms with Crippen LogP contribution in [-0.2, 0) is 0 Å². The second-order valence-electron chi connectivity index (χ2n) is 4.49. The van der Waals surface area contributed by atoms with Gasteiger partial charge in [-0.05, 0) is 48.4 Å². The lowest BCUT2D eigenvalue weighted by molar-refractivity contribution is 0.414. The van der Waals surface area contributed by atoms with Gasteiger partial charge in [0.25, 0.3) is 0 Å². The number of rotatable bonds is 4. The molecule has 0 aliphatic carbocycles. The van der Waals surface area contributed by atoms with Crippen LogP contribution in [-0.4, -0.2) is 7.11 Å². The first-order valence-corrected chi connectivity index (χ1v) is 6.91. The topological polar surface area (TPSA) is 47.3 Å². The first kappa shape index (κ1) is 15.0. The minimum Gasteiger partial charge on any atom is -0.497 e. The van der Waals surface area contributed by atoms with Gasteiger partial charge in [0.2, 0.25) is 0 Å². The average molecular weight is 339 g/mol. The molecule has 0 aromatic heterocycles. The number of ether oxygens (including phenoxy) is 1. The van der Waals surface area contributed by atoms with Crippen LogP contribution < -0.4 is 16.0 Å². The van der Waals surface area contributed by atoms with Gasteiger partial charge in [-0.2, -0.15) is 0 Å². The molecule has 0 spiro atoms. The minimum absolute atomic E-state index is 0.300. The number of nitrogens with one attached hydrogen (secondary N) is 1. The molecule has 106 valence electrons. The van der Waals surface area contributed by atoms with Gasteiger partial charge in [-0.3, -0.25) is 5.84 Å². The highest BCUT2D eigenvalue weighted by Gasteiger charge is 2.19. The number of hydrogen-bond acceptors (Lipinski definition) is 3. The van der Waals surface area contributed by atoms with E-state index in [0.29, 0.717) is 5.56 Å². The Morgan fingerprint density at radius 3 is 2.55 bits per heavy atom. The molecule has 0 saturated carbocycles. The number of benzene rings is 2. The summed E-state index contributed by atoms with van der Waals surface area (Å²) in [7, 11) is 1.61. The summed E-state index contributed by atoms with van der Waals surface area (Å²) < 4.78 is 20.0. The van der Waals surface area contributed by atoms with Crippen LogP contribution in [0.25, 0.3) is 0 Å². The third kappa shape index (κ3) is 3.00. The van der Waals surface area contributed by atoms with Crippen LogP contribution in [0.15, 0.2) is 40.9 Å². The zero-order chi connectivity index (χ0) is 14.7. The quantitative estimate of drug-likeness (QED) is 0.663. The summed E-state index contributed by atoms with van der Waals surface area (Å²) in [6.45, 7) is 1.94. The normalized spacial score (nSPS) is 12.2. The number of nitrogens with two attached hydrogens (primary N) is 1. The molecule has 3 N–H and O–H groups in total. The Morgan fingerprint density at radius 1 is 1.20 bits per heavy atom. The monoisotopic (exact) mass is 338 g/mol. The first-order chi connectivity index (χ1) is 9.56. The van der Waals surface area contributed by atoms with Crippen molar-refractivity contribution >= 4 is 15.9 Å². The summed E-state index contributed by atoms with van der Waals surface area (Å²) in [6, 6.07) is 10.0. The highest BCUT2D eigenvalue weighted by molar-refractivity contribution is 9.10. The molecule has 0 heterocycles. The van der Waals surface area contributed by atoms with Crippen LogP contribution in [0, 0.1) is 12.7 Å². The zero-order valence-electron chi connectivity index (χ0n) is 11.3. The van der Waals surface area contributed by atoms with E-state index in [2.05, 4.69) is 21.4 Å². The molecule has 0 aliphatic heterocycles. The predicted molar refractivity (Wildman–Crippen MR) is 81.0 cm³/mol. The van der Waals surface area contributed by atoms with Gasteiger partial charge in [-0.25, -0.2) is 9.82 Å². The van der Waals surface area contributed by atoms with Gasteiger partial charge in [-0.1, -0.05) is 22.0 Å². The van der Waals surface area contributed by atoms with E-state index in [4.69, 9.17) is 10.6 Å². The predicted octanol–water partition coefficient (Wildman–Crippen LogP) is 3.46. The number of hydrazine groups is 1. The smallest absolute Gasteiger partial charge is 0.128 e. The third-order valence-corrected chi connectivity index (χ3v) is 3.72. The fourth-order valence-electron chi connectivity index (χ4n) is 2.18. The van der Waals surface area contributed by atoms with E-state index in [0.717, 1.165) is 21.3 Å². The van der Waals surface area contributed by atoms with Crippen molar-refractivity contribution in [2.24, 2.45) is 5.84 Å². The number of halogens is 2. The van der Waals surface area contributed by atoms with Gasteiger partial charge in [0.05, 0.1) is 13.2 Å². The molecule has 0 fully saturated rings. The molecule has 0 radical (unpaired) electrons. The van der Waals surface area contributed by atoms with E-state index < -0.39 is 6.04 Å². The largest absolute Gasteiger partial charge is 0.497 e. The maximum absolute atomic E-state index is 14.0. The summed E-state index contributed by atoms with van der Waals surface area (Å²) in [5, 5.41) is 0. The fourth-order valence-corrected chi connectivity index (χ4v) is 2.56. The Hall–Kier alpha value is -1.43. The molecule has 2 aromatic rings. The number of aryl methyl sites for hydroxylation is 1. The van der Waals surface area contributed by atoms with Crippen molar-refractivity contribution in [2.45, 2.75) is 13.0 Å². The molecular formula is C15H16BrFN2O. The van der Waals surface area contributed by atoms with Crippen molar-refractivity contribution in [2.75, 3.05) is 7.11 Å². The minimum atomic E-state index is -0.418. The van der Waals surface area contributed by atoms with Crippen LogP contribution in [0.5, 0.6) is 5.75 Å². The Labute approximate surface area is 126 Å². The standard InChI is InChI=1S/C15H16BrFN2O/c1-9-7-11(20-2)4-5-12(9)15(19-18)13-8-10(16)3-6-14(13)17/h3-8,15,19H,18H2,1-2H3. The molecule has 0 saturated heterocycles. The molecule has 1 unspecified atom stereocenters. The van der Waals surface area contributed by atoms with Crippen molar-refractivity contribution in [3.05, 3.63) is 63.4 Å². The molecule has 5 heteroatoms. The molecule has 0 aliphatic rings. The Bertz CT molecular complexity index is 619. The molecule has 20 heavy (non-hydrogen) atoms. The molecule has 2 rings (SSSR count). The van der Waals surface area contributed by atoms with Crippen LogP contribution >= 0.6 is 15.9 Å². The van der Waals surface area contributed by atoms with Gasteiger partial charge in [0.15, 0.2) is 0 Å². The summed E-state index contributed by atoms with van der Waals surface area (Å²) in [5.41, 5.74) is 5.06. The maximum atomic E-state index is 14.0. The van der Waals surface area contributed by atoms with Crippen molar-refractivity contribution in [3.8, 4) is 5.75 Å². The van der Waals surface area contributed by atoms with Gasteiger partial charge in [0.1, 0.15) is 11.6 Å². The Morgan fingerprint density at radius 2 is 1.95 bits per heavy atom. The van der Waals surface area contributed by atoms with E-state index in [1.165, 1.54) is 6.07 Å². The number of methoxy groups -OCH3 is 1. The summed E-state index contributed by atoms with van der Waals surface area (Å²) in [5.74, 6) is 6.09. The Balaban J connectivity index is 2.49. The lowest BCUT2D eigenvalue weighted by Crippen LogP contribution is -2.30. The van der Waals surface area contributed by atoms with Gasteiger partial charge >= 0.3 is 0 Å². The highest BCUT2D eigenvalue weighted by Crippen LogP contribution is 2.30. The second-order valence-corrected chi connectivity index (χ2v) is 5.40. The summed E-state index contributed by atoms with van der Waals surface area (Å²) >= 11 is 3.35. The van der Waals surface area contributed by atoms with E-state index in [9.17, 15) is 4.39 Å². The third-order valence-electron chi connectivity index (χ3n) is 3.22. The fraction of sp³-hybridized carbons (Fsp3) is 0.200. The maximum Gasteiger partial charge on any atom is 0.128 e. The van der Waals surface area contributed by atoms with Gasteiger partial charge in [0, 0.05) is 10.0 Å². The van der Waals surface area contributed by atoms with Crippen molar-refractivity contribution in [1.82, 2.24) is 5.43 Å². The number of hydrogen-bond donors (Lipinski definition) is 2. The van der Waals surface area contributed by atoms with Crippen LogP contribution in [0.3, 0.4) is 0 Å². The SMILES string of the molecule is COc1ccc(C(NN)c2cc(Br)ccc2F)c(C)c1. The molecule has 0 bridgehead atoms. The van der Waals surface area contributed by atoms with Crippen molar-refractivity contribution < 1.29 is 9.13 Å². The molecule has 3 nitrogen and oxygen atoms in total. The van der Waals surface area contributed by atoms with E-state index in [1.54, 1.807) is 19.2 Å². The van der Waals surface area contributed by atoms with Crippen molar-refractivity contribution in [1.29, 1.82) is 0 Å². The summed E-state index contributed by atoms with van der Waals surface area (Å²) in [4.78, 5) is 0. The molecule has 1 atom stereocenters. The first-order valence-electron chi connectivity index (χ1n) is 6.12. The van der Waals surface area contributed by atoms with Gasteiger partial charge in [-0.15, -0.1) is 0 Å². The van der Waals surface area contributed by atoms with E-state index >= 15 is 0 Å². The second kappa shape index (κ2) is 6.35. The lowest BCUT2D eigenvalue weighted by atomic mass is 9.95. The van der Waals surface area contributed by atoms with E-state index in [-0.39, 0.29) is 5.82 Å².